The maximum absolute atomic E-state index is 9.59. The molecule has 1 aromatic heterocycles. The lowest BCUT2D eigenvalue weighted by Crippen LogP contribution is -2.68. The van der Waals surface area contributed by atoms with Gasteiger partial charge in [0.15, 0.2) is 0 Å². The molecule has 29 heavy (non-hydrogen) atoms. The first-order valence-corrected chi connectivity index (χ1v) is 10.2. The summed E-state index contributed by atoms with van der Waals surface area (Å²) < 4.78 is 16.5. The van der Waals surface area contributed by atoms with Crippen LogP contribution in [-0.4, -0.2) is 49.8 Å². The molecule has 1 N–H and O–H groups in total. The van der Waals surface area contributed by atoms with Crippen LogP contribution in [0.2, 0.25) is 0 Å². The first kappa shape index (κ1) is 18.2. The lowest BCUT2D eigenvalue weighted by Gasteiger charge is -2.44. The fourth-order valence-corrected chi connectivity index (χ4v) is 4.86. The van der Waals surface area contributed by atoms with Crippen molar-refractivity contribution in [3.05, 3.63) is 66.7 Å². The van der Waals surface area contributed by atoms with Crippen molar-refractivity contribution in [1.82, 2.24) is 0 Å². The number of fused-ring (bicyclic) bond motifs is 5. The SMILES string of the molecule is C[N+](C)(CCO)C[B-]12C[n+]3c(cccc3-c3ccccc3O1)-c1ccccc1O2. The predicted octanol–water partition coefficient (Wildman–Crippen LogP) is 2.68. The first-order valence-electron chi connectivity index (χ1n) is 10.2. The summed E-state index contributed by atoms with van der Waals surface area (Å²) in [5.41, 5.74) is 4.42. The van der Waals surface area contributed by atoms with Crippen molar-refractivity contribution in [3.63, 3.8) is 0 Å². The van der Waals surface area contributed by atoms with Crippen LogP contribution in [0.4, 0.5) is 0 Å². The number of rotatable bonds is 4. The van der Waals surface area contributed by atoms with Crippen molar-refractivity contribution in [1.29, 1.82) is 0 Å². The minimum absolute atomic E-state index is 0.126. The molecular formula is C23H26BN2O3+. The van der Waals surface area contributed by atoms with Gasteiger partial charge in [0.1, 0.15) is 6.44 Å². The zero-order chi connectivity index (χ0) is 20.1. The lowest BCUT2D eigenvalue weighted by molar-refractivity contribution is -0.882. The maximum Gasteiger partial charge on any atom is 0.461 e. The quantitative estimate of drug-likeness (QED) is 0.424. The minimum atomic E-state index is -1.74. The van der Waals surface area contributed by atoms with E-state index < -0.39 is 6.55 Å². The van der Waals surface area contributed by atoms with Gasteiger partial charge in [0, 0.05) is 18.6 Å². The molecule has 5 nitrogen and oxygen atoms in total. The highest BCUT2D eigenvalue weighted by atomic mass is 16.6. The fourth-order valence-electron chi connectivity index (χ4n) is 4.86. The largest absolute Gasteiger partial charge is 0.676 e. The zero-order valence-corrected chi connectivity index (χ0v) is 16.9. The molecule has 0 fully saturated rings. The molecule has 2 bridgehead atoms. The Hall–Kier alpha value is -2.83. The third kappa shape index (κ3) is 3.09. The Labute approximate surface area is 171 Å². The Kier molecular flexibility index (Phi) is 4.15. The van der Waals surface area contributed by atoms with E-state index in [2.05, 4.69) is 49.0 Å². The Morgan fingerprint density at radius 3 is 1.97 bits per heavy atom. The van der Waals surface area contributed by atoms with Gasteiger partial charge < -0.3 is 18.9 Å². The molecule has 2 aromatic carbocycles. The van der Waals surface area contributed by atoms with E-state index in [9.17, 15) is 5.11 Å². The average Bonchev–Trinajstić information content (AvgIpc) is 2.90. The van der Waals surface area contributed by atoms with E-state index in [4.69, 9.17) is 9.31 Å². The second kappa shape index (κ2) is 6.61. The van der Waals surface area contributed by atoms with Gasteiger partial charge in [-0.2, -0.15) is 0 Å². The van der Waals surface area contributed by atoms with Crippen molar-refractivity contribution in [2.24, 2.45) is 0 Å². The molecule has 2 aliphatic heterocycles. The number of likely N-dealkylation sites (N-methyl/N-ethyl adjacent to an activating group) is 1. The van der Waals surface area contributed by atoms with Crippen LogP contribution >= 0.6 is 0 Å². The molecule has 3 aromatic rings. The number of aliphatic hydroxyl groups is 1. The molecule has 2 aliphatic rings. The topological polar surface area (TPSA) is 42.6 Å². The molecule has 0 saturated heterocycles. The van der Waals surface area contributed by atoms with E-state index in [0.29, 0.717) is 23.9 Å². The summed E-state index contributed by atoms with van der Waals surface area (Å²) in [4.78, 5) is 0. The predicted molar refractivity (Wildman–Crippen MR) is 113 cm³/mol. The summed E-state index contributed by atoms with van der Waals surface area (Å²) in [6.07, 6.45) is 1.28. The number of quaternary nitrogens is 1. The highest BCUT2D eigenvalue weighted by Gasteiger charge is 2.49. The van der Waals surface area contributed by atoms with Crippen LogP contribution in [0, 0.1) is 0 Å². The van der Waals surface area contributed by atoms with Crippen molar-refractivity contribution in [2.75, 3.05) is 33.7 Å². The summed E-state index contributed by atoms with van der Waals surface area (Å²) in [5, 5.41) is 9.59. The van der Waals surface area contributed by atoms with E-state index >= 15 is 0 Å². The number of pyridine rings is 1. The van der Waals surface area contributed by atoms with E-state index in [1.54, 1.807) is 0 Å². The van der Waals surface area contributed by atoms with Gasteiger partial charge in [0.2, 0.25) is 11.4 Å². The van der Waals surface area contributed by atoms with Crippen LogP contribution in [0.5, 0.6) is 11.5 Å². The minimum Gasteiger partial charge on any atom is -0.676 e. The molecule has 0 amide bonds. The van der Waals surface area contributed by atoms with Gasteiger partial charge in [-0.05, 0) is 30.3 Å². The summed E-state index contributed by atoms with van der Waals surface area (Å²) in [5.74, 6) is 1.69. The fraction of sp³-hybridized carbons (Fsp3) is 0.261. The highest BCUT2D eigenvalue weighted by Crippen LogP contribution is 2.39. The van der Waals surface area contributed by atoms with Crippen LogP contribution in [-0.2, 0) is 6.44 Å². The Morgan fingerprint density at radius 2 is 1.41 bits per heavy atom. The van der Waals surface area contributed by atoms with Crippen LogP contribution in [0.3, 0.4) is 0 Å². The monoisotopic (exact) mass is 389 g/mol. The van der Waals surface area contributed by atoms with Crippen molar-refractivity contribution < 1.29 is 23.5 Å². The number of nitrogens with zero attached hydrogens (tertiary/aromatic N) is 2. The van der Waals surface area contributed by atoms with Crippen LogP contribution < -0.4 is 13.9 Å². The van der Waals surface area contributed by atoms with Gasteiger partial charge >= 0.3 is 6.55 Å². The number of hydrogen-bond acceptors (Lipinski definition) is 3. The van der Waals surface area contributed by atoms with Crippen molar-refractivity contribution in [2.45, 2.75) is 6.44 Å². The Balaban J connectivity index is 1.78. The van der Waals surface area contributed by atoms with E-state index in [0.717, 1.165) is 34.0 Å². The Morgan fingerprint density at radius 1 is 0.862 bits per heavy atom. The molecule has 5 rings (SSSR count). The van der Waals surface area contributed by atoms with Crippen LogP contribution in [0.25, 0.3) is 22.5 Å². The van der Waals surface area contributed by atoms with Crippen LogP contribution in [0.15, 0.2) is 66.7 Å². The van der Waals surface area contributed by atoms with E-state index in [-0.39, 0.29) is 6.61 Å². The smallest absolute Gasteiger partial charge is 0.461 e. The van der Waals surface area contributed by atoms with Gasteiger partial charge in [-0.15, -0.1) is 0 Å². The number of hydrogen-bond donors (Lipinski definition) is 1. The molecule has 3 heterocycles. The van der Waals surface area contributed by atoms with Crippen molar-refractivity contribution >= 4 is 6.55 Å². The third-order valence-electron chi connectivity index (χ3n) is 6.04. The molecule has 0 radical (unpaired) electrons. The first-order chi connectivity index (χ1) is 14.0. The summed E-state index contributed by atoms with van der Waals surface area (Å²) >= 11 is 0. The molecule has 6 heteroatoms. The molecule has 0 atom stereocenters. The number of benzene rings is 2. The molecule has 0 spiro atoms. The second-order valence-electron chi connectivity index (χ2n) is 8.75. The molecule has 0 unspecified atom stereocenters. The Bertz CT molecular complexity index is 1020. The van der Waals surface area contributed by atoms with Gasteiger partial charge in [0.25, 0.3) is 0 Å². The van der Waals surface area contributed by atoms with E-state index in [1.165, 1.54) is 0 Å². The highest BCUT2D eigenvalue weighted by molar-refractivity contribution is 6.67. The molecule has 0 aliphatic carbocycles. The molecule has 148 valence electrons. The normalized spacial score (nSPS) is 15.8. The van der Waals surface area contributed by atoms with E-state index in [1.807, 2.05) is 36.4 Å². The number of aromatic nitrogens is 1. The van der Waals surface area contributed by atoms with Gasteiger partial charge in [-0.1, -0.05) is 24.3 Å². The van der Waals surface area contributed by atoms with Crippen LogP contribution in [0.1, 0.15) is 0 Å². The number of para-hydroxylation sites is 2. The molecular weight excluding hydrogens is 363 g/mol. The number of aliphatic hydroxyl groups excluding tert-OH is 1. The van der Waals surface area contributed by atoms with Gasteiger partial charge in [0.05, 0.1) is 49.9 Å². The average molecular weight is 389 g/mol. The second-order valence-corrected chi connectivity index (χ2v) is 8.75. The van der Waals surface area contributed by atoms with Gasteiger partial charge in [-0.25, -0.2) is 4.57 Å². The summed E-state index contributed by atoms with van der Waals surface area (Å²) in [7, 11) is 4.23. The maximum atomic E-state index is 9.59. The zero-order valence-electron chi connectivity index (χ0n) is 16.9. The standard InChI is InChI=1S/C23H26BN2O3/c1-26(2,14-15-27)17-24-16-25-20(18-8-3-5-12-22(18)28-24)10-7-11-21(25)19-9-4-6-13-23(19)29-24/h3-13,27H,14-17H2,1-2H3/q+1. The summed E-state index contributed by atoms with van der Waals surface area (Å²) in [6, 6.07) is 22.8. The third-order valence-corrected chi connectivity index (χ3v) is 6.04. The molecule has 0 saturated carbocycles. The lowest BCUT2D eigenvalue weighted by atomic mass is 9.55. The summed E-state index contributed by atoms with van der Waals surface area (Å²) in [6.45, 7) is -0.981. The van der Waals surface area contributed by atoms with Gasteiger partial charge in [-0.3, -0.25) is 0 Å². The van der Waals surface area contributed by atoms with Crippen molar-refractivity contribution in [3.8, 4) is 34.0 Å².